The summed E-state index contributed by atoms with van der Waals surface area (Å²) in [6.45, 7) is 7.27. The van der Waals surface area contributed by atoms with Crippen LogP contribution in [0.15, 0.2) is 6.20 Å². The molecule has 0 saturated heterocycles. The first-order chi connectivity index (χ1) is 9.93. The lowest BCUT2D eigenvalue weighted by atomic mass is 10.2. The van der Waals surface area contributed by atoms with E-state index in [1.165, 1.54) is 20.3 Å². The Bertz CT molecular complexity index is 629. The zero-order valence-corrected chi connectivity index (χ0v) is 14.7. The predicted octanol–water partition coefficient (Wildman–Crippen LogP) is 0.913. The average molecular weight is 332 g/mol. The van der Waals surface area contributed by atoms with Crippen molar-refractivity contribution in [1.82, 2.24) is 18.6 Å². The monoisotopic (exact) mass is 332 g/mol. The minimum Gasteiger partial charge on any atom is -0.444 e. The molecule has 1 heterocycles. The predicted molar refractivity (Wildman–Crippen MR) is 82.9 cm³/mol. The highest BCUT2D eigenvalue weighted by Crippen LogP contribution is 2.09. The number of nitrogens with one attached hydrogen (secondary N) is 1. The molecular formula is C13H24N4O4S. The van der Waals surface area contributed by atoms with Crippen LogP contribution in [0, 0.1) is 6.92 Å². The quantitative estimate of drug-likeness (QED) is 0.865. The van der Waals surface area contributed by atoms with Crippen LogP contribution in [-0.4, -0.2) is 54.0 Å². The molecule has 0 aliphatic heterocycles. The number of ether oxygens (including phenoxy) is 1. The van der Waals surface area contributed by atoms with Gasteiger partial charge in [-0.15, -0.1) is 0 Å². The Hall–Kier alpha value is -1.61. The van der Waals surface area contributed by atoms with Gasteiger partial charge in [0.05, 0.1) is 5.69 Å². The normalized spacial score (nSPS) is 12.5. The first kappa shape index (κ1) is 18.4. The zero-order chi connectivity index (χ0) is 17.1. The van der Waals surface area contributed by atoms with Gasteiger partial charge in [-0.2, -0.15) is 12.7 Å². The number of alkyl carbamates (subject to hydrolysis) is 1. The fourth-order valence-electron chi connectivity index (χ4n) is 1.65. The number of amides is 1. The molecule has 1 aromatic heterocycles. The van der Waals surface area contributed by atoms with Gasteiger partial charge in [0.25, 0.3) is 0 Å². The van der Waals surface area contributed by atoms with Crippen LogP contribution >= 0.6 is 0 Å². The lowest BCUT2D eigenvalue weighted by molar-refractivity contribution is 0.0528. The molecule has 0 atom stereocenters. The lowest BCUT2D eigenvalue weighted by Gasteiger charge is -2.19. The summed E-state index contributed by atoms with van der Waals surface area (Å²) < 4.78 is 31.5. The number of carbonyl (C=O) groups excluding carboxylic acids is 1. The molecule has 22 heavy (non-hydrogen) atoms. The van der Waals surface area contributed by atoms with Gasteiger partial charge in [-0.3, -0.25) is 0 Å². The van der Waals surface area contributed by atoms with Gasteiger partial charge < -0.3 is 10.1 Å². The molecule has 0 aromatic carbocycles. The summed E-state index contributed by atoms with van der Waals surface area (Å²) in [5.74, 6) is 0.376. The molecule has 0 unspecified atom stereocenters. The van der Waals surface area contributed by atoms with Crippen LogP contribution in [0.25, 0.3) is 0 Å². The van der Waals surface area contributed by atoms with E-state index < -0.39 is 21.9 Å². The molecule has 0 aliphatic carbocycles. The second-order valence-electron chi connectivity index (χ2n) is 6.04. The molecule has 1 aromatic rings. The van der Waals surface area contributed by atoms with Gasteiger partial charge in [0, 0.05) is 33.3 Å². The second-order valence-corrected chi connectivity index (χ2v) is 8.06. The van der Waals surface area contributed by atoms with Crippen molar-refractivity contribution in [2.24, 2.45) is 0 Å². The highest BCUT2D eigenvalue weighted by atomic mass is 32.2. The maximum atomic E-state index is 12.1. The molecule has 0 aliphatic rings. The molecule has 0 fully saturated rings. The number of hydrogen-bond donors (Lipinski definition) is 1. The summed E-state index contributed by atoms with van der Waals surface area (Å²) in [6, 6.07) is 0. The van der Waals surface area contributed by atoms with Crippen molar-refractivity contribution in [2.45, 2.75) is 39.7 Å². The molecule has 0 spiro atoms. The number of imidazole rings is 1. The SMILES string of the molecule is Cc1nc(CCNC(=O)OC(C)(C)C)cn1S(=O)(=O)N(C)C. The van der Waals surface area contributed by atoms with E-state index in [0.717, 1.165) is 8.28 Å². The van der Waals surface area contributed by atoms with Crippen molar-refractivity contribution >= 4 is 16.3 Å². The summed E-state index contributed by atoms with van der Waals surface area (Å²) in [7, 11) is -0.663. The third-order valence-corrected chi connectivity index (χ3v) is 4.44. The van der Waals surface area contributed by atoms with Crippen LogP contribution < -0.4 is 5.32 Å². The van der Waals surface area contributed by atoms with Crippen molar-refractivity contribution in [3.63, 3.8) is 0 Å². The molecule has 9 heteroatoms. The van der Waals surface area contributed by atoms with E-state index in [2.05, 4.69) is 10.3 Å². The number of aryl methyl sites for hydroxylation is 1. The number of carbonyl (C=O) groups is 1. The Labute approximate surface area is 131 Å². The Morgan fingerprint density at radius 2 is 2.00 bits per heavy atom. The Balaban J connectivity index is 2.65. The Morgan fingerprint density at radius 3 is 2.50 bits per heavy atom. The van der Waals surface area contributed by atoms with E-state index >= 15 is 0 Å². The van der Waals surface area contributed by atoms with Gasteiger partial charge in [0.1, 0.15) is 11.4 Å². The number of aromatic nitrogens is 2. The molecule has 0 bridgehead atoms. The van der Waals surface area contributed by atoms with Gasteiger partial charge in [0.2, 0.25) is 0 Å². The van der Waals surface area contributed by atoms with Crippen molar-refractivity contribution < 1.29 is 17.9 Å². The van der Waals surface area contributed by atoms with Crippen LogP contribution in [0.3, 0.4) is 0 Å². The first-order valence-electron chi connectivity index (χ1n) is 6.88. The van der Waals surface area contributed by atoms with Crippen molar-refractivity contribution in [1.29, 1.82) is 0 Å². The molecular weight excluding hydrogens is 308 g/mol. The lowest BCUT2D eigenvalue weighted by Crippen LogP contribution is -2.33. The molecule has 1 amide bonds. The summed E-state index contributed by atoms with van der Waals surface area (Å²) in [5, 5.41) is 2.61. The number of nitrogens with zero attached hydrogens (tertiary/aromatic N) is 3. The second kappa shape index (κ2) is 6.66. The molecule has 8 nitrogen and oxygen atoms in total. The van der Waals surface area contributed by atoms with Gasteiger partial charge >= 0.3 is 16.3 Å². The smallest absolute Gasteiger partial charge is 0.407 e. The zero-order valence-electron chi connectivity index (χ0n) is 13.9. The van der Waals surface area contributed by atoms with E-state index in [0.29, 0.717) is 24.5 Å². The van der Waals surface area contributed by atoms with E-state index in [1.54, 1.807) is 27.7 Å². The third-order valence-electron chi connectivity index (χ3n) is 2.65. The van der Waals surface area contributed by atoms with Crippen LogP contribution in [0.2, 0.25) is 0 Å². The summed E-state index contributed by atoms with van der Waals surface area (Å²) in [5.41, 5.74) is 0.0289. The molecule has 1 rings (SSSR count). The van der Waals surface area contributed by atoms with E-state index in [1.807, 2.05) is 0 Å². The van der Waals surface area contributed by atoms with Gasteiger partial charge in [-0.25, -0.2) is 13.8 Å². The number of hydrogen-bond acceptors (Lipinski definition) is 5. The fourth-order valence-corrected chi connectivity index (χ4v) is 2.63. The highest BCUT2D eigenvalue weighted by Gasteiger charge is 2.20. The van der Waals surface area contributed by atoms with E-state index in [4.69, 9.17) is 4.74 Å². The van der Waals surface area contributed by atoms with Gasteiger partial charge in [0.15, 0.2) is 0 Å². The molecule has 126 valence electrons. The van der Waals surface area contributed by atoms with Gasteiger partial charge in [-0.05, 0) is 27.7 Å². The van der Waals surface area contributed by atoms with Crippen LogP contribution in [-0.2, 0) is 21.4 Å². The Morgan fingerprint density at radius 1 is 1.41 bits per heavy atom. The molecule has 0 saturated carbocycles. The average Bonchev–Trinajstić information content (AvgIpc) is 2.68. The van der Waals surface area contributed by atoms with Crippen molar-refractivity contribution in [3.8, 4) is 0 Å². The summed E-state index contributed by atoms with van der Waals surface area (Å²) in [4.78, 5) is 15.7. The largest absolute Gasteiger partial charge is 0.444 e. The summed E-state index contributed by atoms with van der Waals surface area (Å²) >= 11 is 0. The Kier molecular flexibility index (Phi) is 5.58. The minimum atomic E-state index is -3.58. The van der Waals surface area contributed by atoms with Gasteiger partial charge in [-0.1, -0.05) is 0 Å². The topological polar surface area (TPSA) is 93.5 Å². The fraction of sp³-hybridized carbons (Fsp3) is 0.692. The van der Waals surface area contributed by atoms with Crippen molar-refractivity contribution in [3.05, 3.63) is 17.7 Å². The van der Waals surface area contributed by atoms with Crippen LogP contribution in [0.5, 0.6) is 0 Å². The third kappa shape index (κ3) is 4.99. The number of rotatable bonds is 5. The maximum absolute atomic E-state index is 12.1. The van der Waals surface area contributed by atoms with Crippen LogP contribution in [0.1, 0.15) is 32.3 Å². The first-order valence-corrected chi connectivity index (χ1v) is 8.28. The molecule has 0 radical (unpaired) electrons. The minimum absolute atomic E-state index is 0.313. The maximum Gasteiger partial charge on any atom is 0.407 e. The molecule has 1 N–H and O–H groups in total. The standard InChI is InChI=1S/C13H24N4O4S/c1-10-15-11(9-17(10)22(19,20)16(5)6)7-8-14-12(18)21-13(2,3)4/h9H,7-8H2,1-6H3,(H,14,18). The van der Waals surface area contributed by atoms with E-state index in [9.17, 15) is 13.2 Å². The van der Waals surface area contributed by atoms with Crippen LogP contribution in [0.4, 0.5) is 4.79 Å². The van der Waals surface area contributed by atoms with E-state index in [-0.39, 0.29) is 0 Å². The highest BCUT2D eigenvalue weighted by molar-refractivity contribution is 7.87. The summed E-state index contributed by atoms with van der Waals surface area (Å²) in [6.07, 6.45) is 1.36. The van der Waals surface area contributed by atoms with Crippen molar-refractivity contribution in [2.75, 3.05) is 20.6 Å².